The molecule has 0 unspecified atom stereocenters. The van der Waals surface area contributed by atoms with Gasteiger partial charge in [0.2, 0.25) is 0 Å². The molecule has 1 aromatic carbocycles. The van der Waals surface area contributed by atoms with E-state index in [0.29, 0.717) is 5.75 Å². The Labute approximate surface area is 98.8 Å². The maximum atomic E-state index is 9.59. The summed E-state index contributed by atoms with van der Waals surface area (Å²) in [6.45, 7) is 1.80. The van der Waals surface area contributed by atoms with Gasteiger partial charge in [0.25, 0.3) is 0 Å². The van der Waals surface area contributed by atoms with Crippen molar-refractivity contribution in [3.8, 4) is 5.75 Å². The molecule has 0 heterocycles. The highest BCUT2D eigenvalue weighted by molar-refractivity contribution is 9.10. The fourth-order valence-electron chi connectivity index (χ4n) is 1.63. The second-order valence-corrected chi connectivity index (χ2v) is 5.10. The van der Waals surface area contributed by atoms with Gasteiger partial charge in [0.1, 0.15) is 5.75 Å². The predicted octanol–water partition coefficient (Wildman–Crippen LogP) is 3.04. The molecule has 1 aromatic rings. The number of rotatable bonds is 5. The lowest BCUT2D eigenvalue weighted by atomic mass is 10.2. The first-order valence-electron chi connectivity index (χ1n) is 5.44. The van der Waals surface area contributed by atoms with Crippen LogP contribution in [0.15, 0.2) is 22.7 Å². The Morgan fingerprint density at radius 2 is 2.20 bits per heavy atom. The van der Waals surface area contributed by atoms with E-state index in [-0.39, 0.29) is 0 Å². The molecule has 2 rings (SSSR count). The summed E-state index contributed by atoms with van der Waals surface area (Å²) in [6, 6.07) is 5.53. The third-order valence-corrected chi connectivity index (χ3v) is 3.28. The first-order chi connectivity index (χ1) is 7.25. The zero-order chi connectivity index (χ0) is 10.7. The molecule has 0 atom stereocenters. The smallest absolute Gasteiger partial charge is 0.120 e. The van der Waals surface area contributed by atoms with Crippen molar-refractivity contribution < 1.29 is 5.11 Å². The molecular weight excluding hydrogens is 254 g/mol. The van der Waals surface area contributed by atoms with E-state index in [0.717, 1.165) is 29.0 Å². The van der Waals surface area contributed by atoms with Crippen molar-refractivity contribution in [2.45, 2.75) is 25.8 Å². The van der Waals surface area contributed by atoms with Crippen LogP contribution in [0.2, 0.25) is 0 Å². The first-order valence-corrected chi connectivity index (χ1v) is 6.23. The summed E-state index contributed by atoms with van der Waals surface area (Å²) < 4.78 is 1.01. The highest BCUT2D eigenvalue weighted by atomic mass is 79.9. The van der Waals surface area contributed by atoms with E-state index in [1.165, 1.54) is 19.3 Å². The van der Waals surface area contributed by atoms with Gasteiger partial charge in [-0.15, -0.1) is 0 Å². The van der Waals surface area contributed by atoms with Crippen molar-refractivity contribution in [2.24, 2.45) is 5.92 Å². The van der Waals surface area contributed by atoms with Crippen LogP contribution in [0.5, 0.6) is 5.75 Å². The van der Waals surface area contributed by atoms with Crippen molar-refractivity contribution >= 4 is 15.9 Å². The molecule has 1 aliphatic rings. The van der Waals surface area contributed by atoms with Crippen LogP contribution in [0.25, 0.3) is 0 Å². The monoisotopic (exact) mass is 269 g/mol. The van der Waals surface area contributed by atoms with Crippen LogP contribution in [0, 0.1) is 5.92 Å². The number of phenols is 1. The van der Waals surface area contributed by atoms with Crippen LogP contribution in [0.1, 0.15) is 24.8 Å². The van der Waals surface area contributed by atoms with Crippen LogP contribution in [-0.2, 0) is 6.54 Å². The normalized spacial score (nSPS) is 15.5. The second-order valence-electron chi connectivity index (χ2n) is 4.18. The zero-order valence-electron chi connectivity index (χ0n) is 8.67. The average molecular weight is 270 g/mol. The van der Waals surface area contributed by atoms with Gasteiger partial charge in [-0.05, 0) is 37.1 Å². The number of benzene rings is 1. The third kappa shape index (κ3) is 3.50. The van der Waals surface area contributed by atoms with Gasteiger partial charge in [0.15, 0.2) is 0 Å². The molecule has 0 amide bonds. The van der Waals surface area contributed by atoms with Crippen LogP contribution in [-0.4, -0.2) is 11.7 Å². The van der Waals surface area contributed by atoms with Crippen molar-refractivity contribution in [3.05, 3.63) is 28.2 Å². The fourth-order valence-corrected chi connectivity index (χ4v) is 2.04. The molecule has 2 nitrogen and oxygen atoms in total. The van der Waals surface area contributed by atoms with Gasteiger partial charge in [-0.25, -0.2) is 0 Å². The molecule has 1 saturated carbocycles. The van der Waals surface area contributed by atoms with E-state index in [2.05, 4.69) is 21.2 Å². The van der Waals surface area contributed by atoms with Crippen molar-refractivity contribution in [1.82, 2.24) is 5.32 Å². The van der Waals surface area contributed by atoms with Gasteiger partial charge < -0.3 is 10.4 Å². The van der Waals surface area contributed by atoms with Gasteiger partial charge in [-0.1, -0.05) is 28.8 Å². The van der Waals surface area contributed by atoms with E-state index in [9.17, 15) is 5.11 Å². The second kappa shape index (κ2) is 4.99. The van der Waals surface area contributed by atoms with E-state index in [4.69, 9.17) is 0 Å². The van der Waals surface area contributed by atoms with E-state index in [1.54, 1.807) is 6.07 Å². The molecule has 1 fully saturated rings. The molecule has 2 N–H and O–H groups in total. The maximum Gasteiger partial charge on any atom is 0.120 e. The third-order valence-electron chi connectivity index (χ3n) is 2.78. The molecule has 0 bridgehead atoms. The van der Waals surface area contributed by atoms with Crippen molar-refractivity contribution in [2.75, 3.05) is 6.54 Å². The van der Waals surface area contributed by atoms with Crippen LogP contribution < -0.4 is 5.32 Å². The van der Waals surface area contributed by atoms with Gasteiger partial charge in [0, 0.05) is 16.6 Å². The van der Waals surface area contributed by atoms with Crippen molar-refractivity contribution in [1.29, 1.82) is 0 Å². The summed E-state index contributed by atoms with van der Waals surface area (Å²) in [5.74, 6) is 1.34. The van der Waals surface area contributed by atoms with Crippen LogP contribution in [0.4, 0.5) is 0 Å². The molecule has 15 heavy (non-hydrogen) atoms. The van der Waals surface area contributed by atoms with Crippen molar-refractivity contribution in [3.63, 3.8) is 0 Å². The zero-order valence-corrected chi connectivity index (χ0v) is 10.3. The molecule has 3 heteroatoms. The largest absolute Gasteiger partial charge is 0.508 e. The summed E-state index contributed by atoms with van der Waals surface area (Å²) in [5, 5.41) is 13.0. The SMILES string of the molecule is Oc1ccc(Br)cc1CNCCC1CC1. The highest BCUT2D eigenvalue weighted by Crippen LogP contribution is 2.31. The van der Waals surface area contributed by atoms with Gasteiger partial charge in [-0.2, -0.15) is 0 Å². The standard InChI is InChI=1S/C12H16BrNO/c13-11-3-4-12(15)10(7-11)8-14-6-5-9-1-2-9/h3-4,7,9,14-15H,1-2,5-6,8H2. The Morgan fingerprint density at radius 1 is 1.40 bits per heavy atom. The minimum atomic E-state index is 0.372. The van der Waals surface area contributed by atoms with Gasteiger partial charge >= 0.3 is 0 Å². The molecule has 82 valence electrons. The number of halogens is 1. The predicted molar refractivity (Wildman–Crippen MR) is 64.9 cm³/mol. The number of phenolic OH excluding ortho intramolecular Hbond substituents is 1. The summed E-state index contributed by atoms with van der Waals surface area (Å²) in [6.07, 6.45) is 4.09. The van der Waals surface area contributed by atoms with E-state index < -0.39 is 0 Å². The maximum absolute atomic E-state index is 9.59. The topological polar surface area (TPSA) is 32.3 Å². The molecule has 1 aliphatic carbocycles. The minimum absolute atomic E-state index is 0.372. The number of hydrogen-bond acceptors (Lipinski definition) is 2. The van der Waals surface area contributed by atoms with Crippen LogP contribution >= 0.6 is 15.9 Å². The minimum Gasteiger partial charge on any atom is -0.508 e. The summed E-state index contributed by atoms with van der Waals surface area (Å²) in [4.78, 5) is 0. The molecule has 0 radical (unpaired) electrons. The van der Waals surface area contributed by atoms with Gasteiger partial charge in [-0.3, -0.25) is 0 Å². The molecule has 0 aliphatic heterocycles. The summed E-state index contributed by atoms with van der Waals surface area (Å²) in [5.41, 5.74) is 0.958. The van der Waals surface area contributed by atoms with E-state index >= 15 is 0 Å². The van der Waals surface area contributed by atoms with Gasteiger partial charge in [0.05, 0.1) is 0 Å². The van der Waals surface area contributed by atoms with Crippen LogP contribution in [0.3, 0.4) is 0 Å². The highest BCUT2D eigenvalue weighted by Gasteiger charge is 2.19. The lowest BCUT2D eigenvalue weighted by Gasteiger charge is -2.06. The summed E-state index contributed by atoms with van der Waals surface area (Å²) in [7, 11) is 0. The molecule has 0 aromatic heterocycles. The molecule has 0 spiro atoms. The Kier molecular flexibility index (Phi) is 3.65. The Balaban J connectivity index is 1.78. The number of nitrogens with one attached hydrogen (secondary N) is 1. The average Bonchev–Trinajstić information content (AvgIpc) is 3.01. The first kappa shape index (κ1) is 11.0. The molecule has 0 saturated heterocycles. The summed E-state index contributed by atoms with van der Waals surface area (Å²) >= 11 is 3.40. The molecular formula is C12H16BrNO. The number of aromatic hydroxyl groups is 1. The Morgan fingerprint density at radius 3 is 2.93 bits per heavy atom. The Hall–Kier alpha value is -0.540. The fraction of sp³-hybridized carbons (Fsp3) is 0.500. The lowest BCUT2D eigenvalue weighted by Crippen LogP contribution is -2.15. The quantitative estimate of drug-likeness (QED) is 0.806. The van der Waals surface area contributed by atoms with E-state index in [1.807, 2.05) is 12.1 Å². The number of hydrogen-bond donors (Lipinski definition) is 2. The Bertz CT molecular complexity index is 336. The lowest BCUT2D eigenvalue weighted by molar-refractivity contribution is 0.463.